The molecule has 0 radical (unpaired) electrons. The number of amides is 1. The summed E-state index contributed by atoms with van der Waals surface area (Å²) >= 11 is 3.26. The summed E-state index contributed by atoms with van der Waals surface area (Å²) < 4.78 is 7.03. The largest absolute Gasteiger partial charge is 0.512 e. The van der Waals surface area contributed by atoms with Gasteiger partial charge in [-0.25, -0.2) is 4.79 Å². The standard InChI is InChI=1S/C14H16N4O4S2/c1-6-9-3-10(19)18(9)12(22-14(20)21)11(6)24-8-4-17-7(2)15-16-13(17)23-5-8/h6,8-9H,3-5H2,1-2H3,(H,20,21). The minimum Gasteiger partial charge on any atom is -0.449 e. The van der Waals surface area contributed by atoms with Gasteiger partial charge in [-0.2, -0.15) is 0 Å². The van der Waals surface area contributed by atoms with Gasteiger partial charge in [-0.15, -0.1) is 22.0 Å². The maximum absolute atomic E-state index is 11.8. The quantitative estimate of drug-likeness (QED) is 0.638. The summed E-state index contributed by atoms with van der Waals surface area (Å²) in [5, 5.41) is 18.4. The molecule has 24 heavy (non-hydrogen) atoms. The lowest BCUT2D eigenvalue weighted by molar-refractivity contribution is -0.145. The molecular formula is C14H16N4O4S2. The fourth-order valence-electron chi connectivity index (χ4n) is 3.29. The highest BCUT2D eigenvalue weighted by Gasteiger charge is 2.52. The van der Waals surface area contributed by atoms with Crippen LogP contribution in [0.15, 0.2) is 15.9 Å². The van der Waals surface area contributed by atoms with Crippen molar-refractivity contribution in [3.05, 3.63) is 16.6 Å². The number of carboxylic acid groups (broad SMARTS) is 1. The van der Waals surface area contributed by atoms with Gasteiger partial charge in [0.2, 0.25) is 11.8 Å². The second-order valence-corrected chi connectivity index (χ2v) is 8.38. The van der Waals surface area contributed by atoms with E-state index in [0.29, 0.717) is 6.42 Å². The first-order valence-corrected chi connectivity index (χ1v) is 9.48. The van der Waals surface area contributed by atoms with Crippen molar-refractivity contribution in [3.63, 3.8) is 0 Å². The van der Waals surface area contributed by atoms with Crippen LogP contribution in [-0.2, 0) is 16.1 Å². The molecule has 1 aromatic heterocycles. The number of ether oxygens (including phenoxy) is 1. The third kappa shape index (κ3) is 2.39. The van der Waals surface area contributed by atoms with E-state index in [0.717, 1.165) is 28.2 Å². The maximum Gasteiger partial charge on any atom is 0.512 e. The smallest absolute Gasteiger partial charge is 0.449 e. The molecular weight excluding hydrogens is 352 g/mol. The van der Waals surface area contributed by atoms with Crippen molar-refractivity contribution in [1.82, 2.24) is 19.7 Å². The third-order valence-corrected chi connectivity index (χ3v) is 7.36. The predicted octanol–water partition coefficient (Wildman–Crippen LogP) is 1.91. The van der Waals surface area contributed by atoms with Crippen molar-refractivity contribution in [3.8, 4) is 0 Å². The average molecular weight is 368 g/mol. The molecule has 8 nitrogen and oxygen atoms in total. The van der Waals surface area contributed by atoms with Gasteiger partial charge in [0, 0.05) is 29.9 Å². The Labute approximate surface area is 146 Å². The predicted molar refractivity (Wildman–Crippen MR) is 87.4 cm³/mol. The molecule has 4 rings (SSSR count). The molecule has 1 fully saturated rings. The lowest BCUT2D eigenvalue weighted by atomic mass is 9.94. The van der Waals surface area contributed by atoms with Crippen LogP contribution >= 0.6 is 23.5 Å². The number of rotatable bonds is 3. The highest BCUT2D eigenvalue weighted by molar-refractivity contribution is 8.05. The first kappa shape index (κ1) is 15.8. The molecule has 1 saturated heterocycles. The molecule has 4 heterocycles. The van der Waals surface area contributed by atoms with Gasteiger partial charge in [0.05, 0.1) is 10.9 Å². The summed E-state index contributed by atoms with van der Waals surface area (Å²) in [5.41, 5.74) is 0. The summed E-state index contributed by atoms with van der Waals surface area (Å²) in [5.74, 6) is 1.96. The molecule has 128 valence electrons. The fraction of sp³-hybridized carbons (Fsp3) is 0.571. The number of nitrogens with zero attached hydrogens (tertiary/aromatic N) is 4. The summed E-state index contributed by atoms with van der Waals surface area (Å²) in [7, 11) is 0. The SMILES string of the molecule is Cc1nnc2n1CC(SC1=C(OC(=O)O)N3C(=O)CC3C1C)CS2. The third-order valence-electron chi connectivity index (χ3n) is 4.57. The zero-order valence-electron chi connectivity index (χ0n) is 13.1. The van der Waals surface area contributed by atoms with Crippen LogP contribution in [0.5, 0.6) is 0 Å². The zero-order chi connectivity index (χ0) is 17.0. The number of hydrogen-bond donors (Lipinski definition) is 1. The maximum atomic E-state index is 11.8. The summed E-state index contributed by atoms with van der Waals surface area (Å²) in [6, 6.07) is 0.0257. The van der Waals surface area contributed by atoms with E-state index in [1.807, 2.05) is 13.8 Å². The van der Waals surface area contributed by atoms with Crippen LogP contribution in [0, 0.1) is 12.8 Å². The molecule has 3 atom stereocenters. The normalized spacial score (nSPS) is 28.5. The van der Waals surface area contributed by atoms with Gasteiger partial charge in [-0.05, 0) is 6.92 Å². The van der Waals surface area contributed by atoms with Crippen molar-refractivity contribution in [2.24, 2.45) is 5.92 Å². The van der Waals surface area contributed by atoms with E-state index in [1.54, 1.807) is 23.5 Å². The molecule has 1 N–H and O–H groups in total. The second-order valence-electron chi connectivity index (χ2n) is 6.05. The molecule has 0 spiro atoms. The van der Waals surface area contributed by atoms with Gasteiger partial charge in [-0.1, -0.05) is 18.7 Å². The minimum atomic E-state index is -1.38. The van der Waals surface area contributed by atoms with Crippen molar-refractivity contribution >= 4 is 35.6 Å². The molecule has 0 aromatic carbocycles. The zero-order valence-corrected chi connectivity index (χ0v) is 14.8. The van der Waals surface area contributed by atoms with Gasteiger partial charge < -0.3 is 14.4 Å². The lowest BCUT2D eigenvalue weighted by Crippen LogP contribution is -2.51. The van der Waals surface area contributed by atoms with Crippen LogP contribution in [-0.4, -0.2) is 53.9 Å². The van der Waals surface area contributed by atoms with Gasteiger partial charge in [-0.3, -0.25) is 9.69 Å². The van der Waals surface area contributed by atoms with Crippen molar-refractivity contribution in [2.45, 2.75) is 43.3 Å². The highest BCUT2D eigenvalue weighted by atomic mass is 32.2. The Morgan fingerprint density at radius 2 is 2.25 bits per heavy atom. The number of hydrogen-bond acceptors (Lipinski definition) is 7. The molecule has 0 aliphatic carbocycles. The lowest BCUT2D eigenvalue weighted by Gasteiger charge is -2.36. The van der Waals surface area contributed by atoms with E-state index in [9.17, 15) is 9.59 Å². The van der Waals surface area contributed by atoms with E-state index in [1.165, 1.54) is 4.90 Å². The van der Waals surface area contributed by atoms with E-state index < -0.39 is 6.16 Å². The van der Waals surface area contributed by atoms with Crippen molar-refractivity contribution in [2.75, 3.05) is 5.75 Å². The Morgan fingerprint density at radius 1 is 1.46 bits per heavy atom. The Hall–Kier alpha value is -1.68. The van der Waals surface area contributed by atoms with E-state index in [2.05, 4.69) is 14.8 Å². The van der Waals surface area contributed by atoms with E-state index >= 15 is 0 Å². The first-order chi connectivity index (χ1) is 11.5. The number of aromatic nitrogens is 3. The fourth-order valence-corrected chi connectivity index (χ4v) is 5.86. The second kappa shape index (κ2) is 5.69. The van der Waals surface area contributed by atoms with E-state index in [-0.39, 0.29) is 29.0 Å². The first-order valence-electron chi connectivity index (χ1n) is 7.62. The van der Waals surface area contributed by atoms with Crippen LogP contribution in [0.4, 0.5) is 4.79 Å². The van der Waals surface area contributed by atoms with Crippen LogP contribution < -0.4 is 0 Å². The summed E-state index contributed by atoms with van der Waals surface area (Å²) in [4.78, 5) is 25.2. The van der Waals surface area contributed by atoms with Crippen molar-refractivity contribution in [1.29, 1.82) is 0 Å². The Kier molecular flexibility index (Phi) is 3.75. The Bertz CT molecular complexity index is 762. The number of aryl methyl sites for hydroxylation is 1. The molecule has 3 aliphatic rings. The van der Waals surface area contributed by atoms with Crippen LogP contribution in [0.1, 0.15) is 19.2 Å². The highest BCUT2D eigenvalue weighted by Crippen LogP contribution is 2.49. The molecule has 0 bridgehead atoms. The molecule has 3 unspecified atom stereocenters. The number of carbonyl (C=O) groups is 2. The summed E-state index contributed by atoms with van der Waals surface area (Å²) in [6.45, 7) is 4.71. The minimum absolute atomic E-state index is 0.0257. The molecule has 1 aromatic rings. The van der Waals surface area contributed by atoms with Crippen molar-refractivity contribution < 1.29 is 19.4 Å². The average Bonchev–Trinajstić information content (AvgIpc) is 2.97. The van der Waals surface area contributed by atoms with Gasteiger partial charge >= 0.3 is 6.16 Å². The number of fused-ring (bicyclic) bond motifs is 2. The van der Waals surface area contributed by atoms with E-state index in [4.69, 9.17) is 9.84 Å². The number of carbonyl (C=O) groups excluding carboxylic acids is 1. The molecule has 3 aliphatic heterocycles. The number of thioether (sulfide) groups is 2. The van der Waals surface area contributed by atoms with Gasteiger partial charge in [0.25, 0.3) is 0 Å². The Morgan fingerprint density at radius 3 is 2.96 bits per heavy atom. The van der Waals surface area contributed by atoms with Gasteiger partial charge in [0.1, 0.15) is 5.82 Å². The van der Waals surface area contributed by atoms with Crippen LogP contribution in [0.25, 0.3) is 0 Å². The molecule has 1 amide bonds. The molecule has 0 saturated carbocycles. The Balaban J connectivity index is 1.58. The van der Waals surface area contributed by atoms with Crippen LogP contribution in [0.2, 0.25) is 0 Å². The van der Waals surface area contributed by atoms with Gasteiger partial charge in [0.15, 0.2) is 5.16 Å². The molecule has 10 heteroatoms. The van der Waals surface area contributed by atoms with Crippen LogP contribution in [0.3, 0.4) is 0 Å². The monoisotopic (exact) mass is 368 g/mol. The summed E-state index contributed by atoms with van der Waals surface area (Å²) in [6.07, 6.45) is -0.933. The number of β-lactam (4-membered cyclic amide) rings is 1. The topological polar surface area (TPSA) is 97.5 Å².